The molecule has 0 saturated heterocycles. The molecule has 0 aliphatic heterocycles. The standard InChI is InChI=1S/C13H8Cl3N5/c14-8-4-7(5-9(17)6-8)13-18-19-20-21(13)11-3-1-2-10(15)12(11)16/h1-6H,17H2. The third-order valence-corrected chi connectivity index (χ3v) is 3.83. The smallest absolute Gasteiger partial charge is 0.187 e. The van der Waals surface area contributed by atoms with Gasteiger partial charge in [0.1, 0.15) is 0 Å². The Kier molecular flexibility index (Phi) is 3.71. The van der Waals surface area contributed by atoms with Crippen molar-refractivity contribution >= 4 is 40.5 Å². The lowest BCUT2D eigenvalue weighted by Gasteiger charge is -2.08. The molecule has 1 heterocycles. The second-order valence-electron chi connectivity index (χ2n) is 4.26. The Bertz CT molecular complexity index is 795. The summed E-state index contributed by atoms with van der Waals surface area (Å²) >= 11 is 18.2. The van der Waals surface area contributed by atoms with Crippen LogP contribution in [0, 0.1) is 0 Å². The molecule has 3 aromatic rings. The zero-order chi connectivity index (χ0) is 15.0. The van der Waals surface area contributed by atoms with Crippen molar-refractivity contribution in [3.8, 4) is 17.1 Å². The number of rotatable bonds is 2. The Balaban J connectivity index is 2.19. The molecule has 5 nitrogen and oxygen atoms in total. The maximum atomic E-state index is 6.21. The van der Waals surface area contributed by atoms with Gasteiger partial charge in [0.05, 0.1) is 15.7 Å². The zero-order valence-corrected chi connectivity index (χ0v) is 12.7. The van der Waals surface area contributed by atoms with Gasteiger partial charge < -0.3 is 5.73 Å². The van der Waals surface area contributed by atoms with Crippen LogP contribution < -0.4 is 5.73 Å². The van der Waals surface area contributed by atoms with Crippen molar-refractivity contribution in [2.45, 2.75) is 0 Å². The monoisotopic (exact) mass is 339 g/mol. The molecule has 106 valence electrons. The molecule has 0 aliphatic carbocycles. The molecule has 0 amide bonds. The summed E-state index contributed by atoms with van der Waals surface area (Å²) in [6.07, 6.45) is 0. The molecule has 0 spiro atoms. The first-order valence-electron chi connectivity index (χ1n) is 5.85. The Morgan fingerprint density at radius 3 is 2.62 bits per heavy atom. The molecule has 3 rings (SSSR count). The van der Waals surface area contributed by atoms with Gasteiger partial charge in [0.2, 0.25) is 0 Å². The van der Waals surface area contributed by atoms with E-state index in [2.05, 4.69) is 15.5 Å². The van der Waals surface area contributed by atoms with Gasteiger partial charge in [-0.1, -0.05) is 40.9 Å². The van der Waals surface area contributed by atoms with Crippen LogP contribution in [-0.2, 0) is 0 Å². The van der Waals surface area contributed by atoms with Gasteiger partial charge in [0.25, 0.3) is 0 Å². The maximum absolute atomic E-state index is 6.21. The first-order valence-corrected chi connectivity index (χ1v) is 6.99. The minimum Gasteiger partial charge on any atom is -0.399 e. The number of anilines is 1. The second-order valence-corrected chi connectivity index (χ2v) is 5.48. The molecule has 8 heteroatoms. The minimum atomic E-state index is 0.364. The van der Waals surface area contributed by atoms with Crippen LogP contribution in [-0.4, -0.2) is 20.2 Å². The molecule has 1 aromatic heterocycles. The zero-order valence-electron chi connectivity index (χ0n) is 10.5. The van der Waals surface area contributed by atoms with E-state index in [1.807, 2.05) is 0 Å². The van der Waals surface area contributed by atoms with Gasteiger partial charge in [-0.15, -0.1) is 5.10 Å². The van der Waals surface area contributed by atoms with E-state index >= 15 is 0 Å². The van der Waals surface area contributed by atoms with Crippen LogP contribution in [0.1, 0.15) is 0 Å². The highest BCUT2D eigenvalue weighted by molar-refractivity contribution is 6.43. The molecule has 0 unspecified atom stereocenters. The number of benzene rings is 2. The highest BCUT2D eigenvalue weighted by atomic mass is 35.5. The fraction of sp³-hybridized carbons (Fsp3) is 0. The lowest BCUT2D eigenvalue weighted by molar-refractivity contribution is 0.791. The Labute approximate surface area is 135 Å². The molecule has 2 N–H and O–H groups in total. The Morgan fingerprint density at radius 2 is 1.86 bits per heavy atom. The fourth-order valence-electron chi connectivity index (χ4n) is 1.93. The molecule has 2 aromatic carbocycles. The van der Waals surface area contributed by atoms with E-state index in [9.17, 15) is 0 Å². The van der Waals surface area contributed by atoms with Gasteiger partial charge >= 0.3 is 0 Å². The SMILES string of the molecule is Nc1cc(Cl)cc(-c2nnnn2-c2cccc(Cl)c2Cl)c1. The van der Waals surface area contributed by atoms with E-state index in [-0.39, 0.29) is 0 Å². The van der Waals surface area contributed by atoms with Crippen LogP contribution in [0.4, 0.5) is 5.69 Å². The third kappa shape index (κ3) is 2.68. The van der Waals surface area contributed by atoms with E-state index < -0.39 is 0 Å². The molecule has 0 saturated carbocycles. The number of nitrogens with zero attached hydrogens (tertiary/aromatic N) is 4. The second kappa shape index (κ2) is 5.52. The van der Waals surface area contributed by atoms with E-state index in [0.29, 0.717) is 37.8 Å². The van der Waals surface area contributed by atoms with E-state index in [4.69, 9.17) is 40.5 Å². The van der Waals surface area contributed by atoms with Crippen molar-refractivity contribution < 1.29 is 0 Å². The summed E-state index contributed by atoms with van der Waals surface area (Å²) in [6.45, 7) is 0. The summed E-state index contributed by atoms with van der Waals surface area (Å²) in [5, 5.41) is 12.9. The van der Waals surface area contributed by atoms with Gasteiger partial charge in [-0.25, -0.2) is 0 Å². The van der Waals surface area contributed by atoms with Gasteiger partial charge in [0.15, 0.2) is 5.82 Å². The van der Waals surface area contributed by atoms with E-state index in [1.54, 1.807) is 36.4 Å². The average Bonchev–Trinajstić information content (AvgIpc) is 2.90. The van der Waals surface area contributed by atoms with Crippen molar-refractivity contribution in [3.05, 3.63) is 51.5 Å². The number of halogens is 3. The predicted octanol–water partition coefficient (Wildman–Crippen LogP) is 3.87. The molecule has 0 bridgehead atoms. The van der Waals surface area contributed by atoms with E-state index in [0.717, 1.165) is 0 Å². The van der Waals surface area contributed by atoms with Gasteiger partial charge in [-0.2, -0.15) is 4.68 Å². The summed E-state index contributed by atoms with van der Waals surface area (Å²) in [6, 6.07) is 10.3. The summed E-state index contributed by atoms with van der Waals surface area (Å²) in [5.74, 6) is 0.466. The number of hydrogen-bond donors (Lipinski definition) is 1. The first kappa shape index (κ1) is 14.1. The van der Waals surface area contributed by atoms with Crippen LogP contribution in [0.2, 0.25) is 15.1 Å². The Hall–Kier alpha value is -1.82. The van der Waals surface area contributed by atoms with E-state index in [1.165, 1.54) is 4.68 Å². The predicted molar refractivity (Wildman–Crippen MR) is 84.0 cm³/mol. The first-order chi connectivity index (χ1) is 10.1. The quantitative estimate of drug-likeness (QED) is 0.719. The van der Waals surface area contributed by atoms with Crippen molar-refractivity contribution in [2.24, 2.45) is 0 Å². The van der Waals surface area contributed by atoms with Crippen molar-refractivity contribution in [1.29, 1.82) is 0 Å². The molecule has 0 atom stereocenters. The lowest BCUT2D eigenvalue weighted by Crippen LogP contribution is -2.01. The molecule has 0 fully saturated rings. The molecular formula is C13H8Cl3N5. The number of nitrogens with two attached hydrogens (primary N) is 1. The van der Waals surface area contributed by atoms with Crippen LogP contribution >= 0.6 is 34.8 Å². The maximum Gasteiger partial charge on any atom is 0.187 e. The van der Waals surface area contributed by atoms with Crippen molar-refractivity contribution in [1.82, 2.24) is 20.2 Å². The number of hydrogen-bond acceptors (Lipinski definition) is 4. The summed E-state index contributed by atoms with van der Waals surface area (Å²) in [5.41, 5.74) is 7.57. The number of nitrogen functional groups attached to an aromatic ring is 1. The van der Waals surface area contributed by atoms with Crippen LogP contribution in [0.25, 0.3) is 17.1 Å². The van der Waals surface area contributed by atoms with Gasteiger partial charge in [-0.05, 0) is 40.8 Å². The lowest BCUT2D eigenvalue weighted by atomic mass is 10.2. The van der Waals surface area contributed by atoms with Crippen LogP contribution in [0.15, 0.2) is 36.4 Å². The fourth-order valence-corrected chi connectivity index (χ4v) is 2.55. The highest BCUT2D eigenvalue weighted by Gasteiger charge is 2.15. The number of aromatic nitrogens is 4. The van der Waals surface area contributed by atoms with Crippen molar-refractivity contribution in [2.75, 3.05) is 5.73 Å². The van der Waals surface area contributed by atoms with Crippen LogP contribution in [0.3, 0.4) is 0 Å². The topological polar surface area (TPSA) is 69.6 Å². The van der Waals surface area contributed by atoms with Crippen molar-refractivity contribution in [3.63, 3.8) is 0 Å². The normalized spacial score (nSPS) is 10.8. The Morgan fingerprint density at radius 1 is 1.05 bits per heavy atom. The molecular weight excluding hydrogens is 333 g/mol. The summed E-state index contributed by atoms with van der Waals surface area (Å²) in [4.78, 5) is 0. The molecule has 0 aliphatic rings. The summed E-state index contributed by atoms with van der Waals surface area (Å²) < 4.78 is 1.49. The number of tetrazole rings is 1. The molecule has 0 radical (unpaired) electrons. The third-order valence-electron chi connectivity index (χ3n) is 2.81. The minimum absolute atomic E-state index is 0.364. The average molecular weight is 341 g/mol. The molecule has 21 heavy (non-hydrogen) atoms. The largest absolute Gasteiger partial charge is 0.399 e. The van der Waals surface area contributed by atoms with Crippen LogP contribution in [0.5, 0.6) is 0 Å². The summed E-state index contributed by atoms with van der Waals surface area (Å²) in [7, 11) is 0. The van der Waals surface area contributed by atoms with Gasteiger partial charge in [-0.3, -0.25) is 0 Å². The highest BCUT2D eigenvalue weighted by Crippen LogP contribution is 2.31. The van der Waals surface area contributed by atoms with Gasteiger partial charge in [0, 0.05) is 16.3 Å².